The molecule has 0 aliphatic heterocycles. The van der Waals surface area contributed by atoms with E-state index >= 15 is 0 Å². The van der Waals surface area contributed by atoms with Crippen molar-refractivity contribution in [1.82, 2.24) is 4.31 Å². The van der Waals surface area contributed by atoms with Gasteiger partial charge in [0.1, 0.15) is 5.75 Å². The topological polar surface area (TPSA) is 75.7 Å². The molecule has 29 heavy (non-hydrogen) atoms. The largest absolute Gasteiger partial charge is 0.483 e. The lowest BCUT2D eigenvalue weighted by molar-refractivity contribution is -0.118. The van der Waals surface area contributed by atoms with Gasteiger partial charge in [-0.05, 0) is 54.3 Å². The minimum atomic E-state index is -3.51. The molecule has 2 aromatic rings. The van der Waals surface area contributed by atoms with Gasteiger partial charge in [0.15, 0.2) is 6.61 Å². The molecule has 158 valence electrons. The Bertz CT molecular complexity index is 934. The van der Waals surface area contributed by atoms with Crippen molar-refractivity contribution in [2.24, 2.45) is 0 Å². The Hall–Kier alpha value is -2.38. The Labute approximate surface area is 173 Å². The molecular weight excluding hydrogens is 388 g/mol. The number of rotatable bonds is 9. The monoisotopic (exact) mass is 418 g/mol. The van der Waals surface area contributed by atoms with Crippen molar-refractivity contribution in [3.05, 3.63) is 53.6 Å². The molecule has 0 spiro atoms. The van der Waals surface area contributed by atoms with Crippen molar-refractivity contribution >= 4 is 21.6 Å². The molecule has 0 saturated heterocycles. The van der Waals surface area contributed by atoms with Crippen molar-refractivity contribution < 1.29 is 17.9 Å². The third kappa shape index (κ3) is 5.81. The minimum absolute atomic E-state index is 0.122. The van der Waals surface area contributed by atoms with Crippen LogP contribution in [0.15, 0.2) is 47.4 Å². The Kier molecular flexibility index (Phi) is 7.81. The van der Waals surface area contributed by atoms with E-state index in [0.717, 1.165) is 11.1 Å². The molecule has 7 heteroatoms. The first-order valence-corrected chi connectivity index (χ1v) is 11.3. The Balaban J connectivity index is 2.03. The quantitative estimate of drug-likeness (QED) is 0.663. The van der Waals surface area contributed by atoms with Crippen LogP contribution < -0.4 is 10.1 Å². The third-order valence-electron chi connectivity index (χ3n) is 4.63. The molecule has 6 nitrogen and oxygen atoms in total. The molecule has 0 fully saturated rings. The smallest absolute Gasteiger partial charge is 0.262 e. The van der Waals surface area contributed by atoms with Crippen LogP contribution in [-0.4, -0.2) is 38.3 Å². The molecule has 0 aliphatic carbocycles. The van der Waals surface area contributed by atoms with E-state index < -0.39 is 10.0 Å². The van der Waals surface area contributed by atoms with Crippen molar-refractivity contribution in [1.29, 1.82) is 0 Å². The van der Waals surface area contributed by atoms with E-state index in [4.69, 9.17) is 4.74 Å². The molecule has 1 amide bonds. The van der Waals surface area contributed by atoms with E-state index in [9.17, 15) is 13.2 Å². The van der Waals surface area contributed by atoms with Crippen LogP contribution in [0.2, 0.25) is 0 Å². The zero-order valence-electron chi connectivity index (χ0n) is 17.7. The first-order chi connectivity index (χ1) is 13.7. The number of carbonyl (C=O) groups excluding carboxylic acids is 1. The number of benzene rings is 2. The second-order valence-electron chi connectivity index (χ2n) is 7.15. The fourth-order valence-electron chi connectivity index (χ4n) is 3.01. The molecule has 0 unspecified atom stereocenters. The molecule has 0 radical (unpaired) electrons. The minimum Gasteiger partial charge on any atom is -0.483 e. The SMILES string of the molecule is CCN(CC)S(=O)(=O)c1ccc(NC(=O)COc2cc(C)ccc2C(C)C)cc1. The van der Waals surface area contributed by atoms with Gasteiger partial charge in [0.25, 0.3) is 5.91 Å². The first-order valence-electron chi connectivity index (χ1n) is 9.82. The van der Waals surface area contributed by atoms with Crippen LogP contribution in [-0.2, 0) is 14.8 Å². The zero-order chi connectivity index (χ0) is 21.6. The van der Waals surface area contributed by atoms with Gasteiger partial charge in [0.2, 0.25) is 10.0 Å². The van der Waals surface area contributed by atoms with Gasteiger partial charge < -0.3 is 10.1 Å². The van der Waals surface area contributed by atoms with Crippen LogP contribution >= 0.6 is 0 Å². The number of ether oxygens (including phenoxy) is 1. The Morgan fingerprint density at radius 3 is 2.24 bits per heavy atom. The summed E-state index contributed by atoms with van der Waals surface area (Å²) in [7, 11) is -3.51. The average molecular weight is 419 g/mol. The molecular formula is C22H30N2O4S. The molecule has 0 heterocycles. The highest BCUT2D eigenvalue weighted by Gasteiger charge is 2.21. The van der Waals surface area contributed by atoms with Gasteiger partial charge in [-0.2, -0.15) is 4.31 Å². The number of aryl methyl sites for hydroxylation is 1. The highest BCUT2D eigenvalue weighted by molar-refractivity contribution is 7.89. The van der Waals surface area contributed by atoms with E-state index in [-0.39, 0.29) is 23.3 Å². The number of amides is 1. The summed E-state index contributed by atoms with van der Waals surface area (Å²) in [6.07, 6.45) is 0. The molecule has 0 atom stereocenters. The predicted octanol–water partition coefficient (Wildman–Crippen LogP) is 4.17. The lowest BCUT2D eigenvalue weighted by Crippen LogP contribution is -2.30. The Morgan fingerprint density at radius 1 is 1.07 bits per heavy atom. The summed E-state index contributed by atoms with van der Waals surface area (Å²) in [5, 5.41) is 2.74. The third-order valence-corrected chi connectivity index (χ3v) is 6.70. The van der Waals surface area contributed by atoms with Gasteiger partial charge >= 0.3 is 0 Å². The van der Waals surface area contributed by atoms with Gasteiger partial charge in [0.05, 0.1) is 4.90 Å². The molecule has 2 aromatic carbocycles. The van der Waals surface area contributed by atoms with Crippen molar-refractivity contribution in [2.75, 3.05) is 25.0 Å². The highest BCUT2D eigenvalue weighted by atomic mass is 32.2. The molecule has 1 N–H and O–H groups in total. The van der Waals surface area contributed by atoms with E-state index in [2.05, 4.69) is 19.2 Å². The summed E-state index contributed by atoms with van der Waals surface area (Å²) < 4.78 is 32.2. The van der Waals surface area contributed by atoms with Gasteiger partial charge in [0, 0.05) is 18.8 Å². The summed E-state index contributed by atoms with van der Waals surface area (Å²) in [5.41, 5.74) is 2.63. The lowest BCUT2D eigenvalue weighted by Gasteiger charge is -2.18. The van der Waals surface area contributed by atoms with Crippen LogP contribution in [0.4, 0.5) is 5.69 Å². The zero-order valence-corrected chi connectivity index (χ0v) is 18.5. The van der Waals surface area contributed by atoms with Gasteiger partial charge in [-0.1, -0.05) is 39.8 Å². The predicted molar refractivity (Wildman–Crippen MR) is 116 cm³/mol. The molecule has 0 aliphatic rings. The number of sulfonamides is 1. The number of nitrogens with zero attached hydrogens (tertiary/aromatic N) is 1. The number of anilines is 1. The van der Waals surface area contributed by atoms with Crippen LogP contribution in [0.5, 0.6) is 5.75 Å². The maximum absolute atomic E-state index is 12.5. The van der Waals surface area contributed by atoms with Crippen LogP contribution in [0.3, 0.4) is 0 Å². The maximum atomic E-state index is 12.5. The van der Waals surface area contributed by atoms with Gasteiger partial charge in [-0.3, -0.25) is 4.79 Å². The van der Waals surface area contributed by atoms with Crippen LogP contribution in [0, 0.1) is 6.92 Å². The summed E-state index contributed by atoms with van der Waals surface area (Å²) in [4.78, 5) is 12.5. The average Bonchev–Trinajstić information content (AvgIpc) is 2.67. The molecule has 0 bridgehead atoms. The fourth-order valence-corrected chi connectivity index (χ4v) is 4.46. The number of carbonyl (C=O) groups is 1. The summed E-state index contributed by atoms with van der Waals surface area (Å²) in [6.45, 7) is 10.4. The van der Waals surface area contributed by atoms with E-state index in [1.165, 1.54) is 16.4 Å². The van der Waals surface area contributed by atoms with Gasteiger partial charge in [-0.15, -0.1) is 0 Å². The maximum Gasteiger partial charge on any atom is 0.262 e. The normalized spacial score (nSPS) is 11.7. The Morgan fingerprint density at radius 2 is 1.69 bits per heavy atom. The van der Waals surface area contributed by atoms with Crippen LogP contribution in [0.1, 0.15) is 44.7 Å². The van der Waals surface area contributed by atoms with Crippen molar-refractivity contribution in [3.63, 3.8) is 0 Å². The fraction of sp³-hybridized carbons (Fsp3) is 0.409. The summed E-state index contributed by atoms with van der Waals surface area (Å²) in [6, 6.07) is 12.1. The summed E-state index contributed by atoms with van der Waals surface area (Å²) in [5.74, 6) is 0.685. The molecule has 0 saturated carbocycles. The van der Waals surface area contributed by atoms with Crippen molar-refractivity contribution in [2.45, 2.75) is 45.4 Å². The molecule has 2 rings (SSSR count). The van der Waals surface area contributed by atoms with E-state index in [1.54, 1.807) is 26.0 Å². The second kappa shape index (κ2) is 9.89. The number of hydrogen-bond acceptors (Lipinski definition) is 4. The highest BCUT2D eigenvalue weighted by Crippen LogP contribution is 2.27. The van der Waals surface area contributed by atoms with E-state index in [1.807, 2.05) is 25.1 Å². The molecule has 0 aromatic heterocycles. The second-order valence-corrected chi connectivity index (χ2v) is 9.08. The lowest BCUT2D eigenvalue weighted by atomic mass is 10.0. The summed E-state index contributed by atoms with van der Waals surface area (Å²) >= 11 is 0. The van der Waals surface area contributed by atoms with E-state index in [0.29, 0.717) is 24.5 Å². The number of nitrogens with one attached hydrogen (secondary N) is 1. The van der Waals surface area contributed by atoms with Crippen molar-refractivity contribution in [3.8, 4) is 5.75 Å². The number of hydrogen-bond donors (Lipinski definition) is 1. The first kappa shape index (κ1) is 22.9. The standard InChI is InChI=1S/C22H30N2O4S/c1-6-24(7-2)29(26,27)19-11-9-18(10-12-19)23-22(25)15-28-21-14-17(5)8-13-20(21)16(3)4/h8-14,16H,6-7,15H2,1-5H3,(H,23,25). The van der Waals surface area contributed by atoms with Crippen LogP contribution in [0.25, 0.3) is 0 Å². The van der Waals surface area contributed by atoms with Gasteiger partial charge in [-0.25, -0.2) is 8.42 Å².